The van der Waals surface area contributed by atoms with Crippen LogP contribution in [0.1, 0.15) is 5.56 Å². The summed E-state index contributed by atoms with van der Waals surface area (Å²) in [6, 6.07) is 5.84. The van der Waals surface area contributed by atoms with Gasteiger partial charge in [-0.2, -0.15) is 0 Å². The highest BCUT2D eigenvalue weighted by molar-refractivity contribution is 9.10. The van der Waals surface area contributed by atoms with Crippen LogP contribution in [-0.2, 0) is 9.63 Å². The molecule has 0 bridgehead atoms. The van der Waals surface area contributed by atoms with Gasteiger partial charge < -0.3 is 15.5 Å². The third kappa shape index (κ3) is 2.13. The maximum atomic E-state index is 12.6. The van der Waals surface area contributed by atoms with E-state index in [0.29, 0.717) is 5.57 Å². The minimum atomic E-state index is -0.134. The largest absolute Gasteiger partial charge is 0.399 e. The number of carbonyl (C=O) groups excluding carboxylic acids is 1. The smallest absolute Gasteiger partial charge is 0.258 e. The van der Waals surface area contributed by atoms with Crippen molar-refractivity contribution in [3.63, 3.8) is 0 Å². The molecule has 3 aliphatic rings. The molecule has 4 rings (SSSR count). The molecular formula is C17H14BrN3O2. The van der Waals surface area contributed by atoms with Crippen LogP contribution in [0, 0.1) is 5.92 Å². The standard InChI is InChI=1S/C17H14BrN3O2/c1-23-21-15-9-5-2-3-8-12(9)19-16(15)13-10-6-4-7-11(18)14(10)20-17(13)22/h2-9,12,19H,1H3,(H,20,22)/b16-13-,21-15+. The van der Waals surface area contributed by atoms with E-state index in [1.807, 2.05) is 30.4 Å². The summed E-state index contributed by atoms with van der Waals surface area (Å²) in [5.41, 5.74) is 3.73. The summed E-state index contributed by atoms with van der Waals surface area (Å²) in [6.07, 6.45) is 8.11. The van der Waals surface area contributed by atoms with Gasteiger partial charge in [0.2, 0.25) is 0 Å². The number of para-hydroxylation sites is 1. The Balaban J connectivity index is 1.92. The first-order valence-electron chi connectivity index (χ1n) is 7.28. The zero-order chi connectivity index (χ0) is 16.0. The van der Waals surface area contributed by atoms with Gasteiger partial charge in [0.05, 0.1) is 23.0 Å². The van der Waals surface area contributed by atoms with E-state index < -0.39 is 0 Å². The predicted molar refractivity (Wildman–Crippen MR) is 92.8 cm³/mol. The van der Waals surface area contributed by atoms with Crippen LogP contribution in [0.15, 0.2) is 57.8 Å². The fourth-order valence-electron chi connectivity index (χ4n) is 3.22. The number of hydrogen-bond donors (Lipinski definition) is 2. The molecule has 2 heterocycles. The second-order valence-electron chi connectivity index (χ2n) is 5.49. The van der Waals surface area contributed by atoms with Gasteiger partial charge in [-0.25, -0.2) is 0 Å². The zero-order valence-corrected chi connectivity index (χ0v) is 13.9. The number of oxime groups is 1. The molecule has 2 N–H and O–H groups in total. The Morgan fingerprint density at radius 3 is 2.91 bits per heavy atom. The third-order valence-corrected chi connectivity index (χ3v) is 4.87. The van der Waals surface area contributed by atoms with E-state index in [2.05, 4.69) is 43.9 Å². The molecule has 0 aromatic heterocycles. The highest BCUT2D eigenvalue weighted by Crippen LogP contribution is 2.41. The van der Waals surface area contributed by atoms with Crippen molar-refractivity contribution in [3.05, 3.63) is 58.2 Å². The van der Waals surface area contributed by atoms with E-state index in [9.17, 15) is 4.79 Å². The maximum Gasteiger partial charge on any atom is 0.258 e. The van der Waals surface area contributed by atoms with Crippen LogP contribution in [0.2, 0.25) is 0 Å². The van der Waals surface area contributed by atoms with Gasteiger partial charge >= 0.3 is 0 Å². The van der Waals surface area contributed by atoms with Gasteiger partial charge in [0, 0.05) is 16.0 Å². The summed E-state index contributed by atoms with van der Waals surface area (Å²) < 4.78 is 0.861. The SMILES string of the molecule is CO/N=C1/C(=C2/C(=O)Nc3c(Br)cccc32)NC2C=CC=CC12. The number of anilines is 1. The predicted octanol–water partition coefficient (Wildman–Crippen LogP) is 2.83. The number of rotatable bonds is 1. The lowest BCUT2D eigenvalue weighted by atomic mass is 9.93. The molecule has 1 aromatic carbocycles. The highest BCUT2D eigenvalue weighted by Gasteiger charge is 2.40. The minimum Gasteiger partial charge on any atom is -0.399 e. The lowest BCUT2D eigenvalue weighted by molar-refractivity contribution is -0.110. The molecule has 5 nitrogen and oxygen atoms in total. The van der Waals surface area contributed by atoms with Crippen LogP contribution in [0.3, 0.4) is 0 Å². The molecule has 0 radical (unpaired) electrons. The van der Waals surface area contributed by atoms with Crippen molar-refractivity contribution in [1.82, 2.24) is 5.32 Å². The molecule has 2 aliphatic heterocycles. The number of halogens is 1. The van der Waals surface area contributed by atoms with Crippen molar-refractivity contribution in [2.24, 2.45) is 11.1 Å². The molecule has 1 aliphatic carbocycles. The Hall–Kier alpha value is -2.34. The second-order valence-corrected chi connectivity index (χ2v) is 6.35. The van der Waals surface area contributed by atoms with Gasteiger partial charge in [-0.05, 0) is 22.0 Å². The average Bonchev–Trinajstić information content (AvgIpc) is 3.06. The maximum absolute atomic E-state index is 12.6. The monoisotopic (exact) mass is 371 g/mol. The van der Waals surface area contributed by atoms with Crippen LogP contribution < -0.4 is 10.6 Å². The Bertz CT molecular complexity index is 823. The first kappa shape index (κ1) is 14.3. The number of fused-ring (bicyclic) bond motifs is 2. The molecule has 2 unspecified atom stereocenters. The van der Waals surface area contributed by atoms with Crippen molar-refractivity contribution in [2.45, 2.75) is 6.04 Å². The first-order chi connectivity index (χ1) is 11.2. The van der Waals surface area contributed by atoms with E-state index >= 15 is 0 Å². The van der Waals surface area contributed by atoms with Gasteiger partial charge in [-0.3, -0.25) is 4.79 Å². The molecule has 2 atom stereocenters. The van der Waals surface area contributed by atoms with E-state index in [4.69, 9.17) is 4.84 Å². The molecule has 0 saturated carbocycles. The number of allylic oxidation sites excluding steroid dienone is 3. The number of carbonyl (C=O) groups is 1. The number of nitrogens with one attached hydrogen (secondary N) is 2. The summed E-state index contributed by atoms with van der Waals surface area (Å²) in [7, 11) is 1.52. The van der Waals surface area contributed by atoms with Crippen LogP contribution in [0.25, 0.3) is 5.57 Å². The minimum absolute atomic E-state index is 0.0615. The van der Waals surface area contributed by atoms with Crippen LogP contribution >= 0.6 is 15.9 Å². The Labute approximate surface area is 141 Å². The second kappa shape index (κ2) is 5.38. The quantitative estimate of drug-likeness (QED) is 0.589. The van der Waals surface area contributed by atoms with E-state index in [1.165, 1.54) is 7.11 Å². The summed E-state index contributed by atoms with van der Waals surface area (Å²) in [5, 5.41) is 10.5. The summed E-state index contributed by atoms with van der Waals surface area (Å²) in [5.74, 6) is -0.0729. The molecule has 6 heteroatoms. The lowest BCUT2D eigenvalue weighted by Crippen LogP contribution is -2.25. The number of benzene rings is 1. The van der Waals surface area contributed by atoms with Gasteiger partial charge in [0.25, 0.3) is 5.91 Å². The first-order valence-corrected chi connectivity index (χ1v) is 8.07. The topological polar surface area (TPSA) is 62.7 Å². The van der Waals surface area contributed by atoms with Gasteiger partial charge in [-0.15, -0.1) is 0 Å². The van der Waals surface area contributed by atoms with Gasteiger partial charge in [0.15, 0.2) is 0 Å². The fourth-order valence-corrected chi connectivity index (χ4v) is 3.69. The number of amides is 1. The third-order valence-electron chi connectivity index (χ3n) is 4.21. The molecule has 23 heavy (non-hydrogen) atoms. The average molecular weight is 372 g/mol. The summed E-state index contributed by atoms with van der Waals surface area (Å²) in [6.45, 7) is 0. The molecular weight excluding hydrogens is 358 g/mol. The van der Waals surface area contributed by atoms with Crippen molar-refractivity contribution in [3.8, 4) is 0 Å². The highest BCUT2D eigenvalue weighted by atomic mass is 79.9. The normalized spacial score (nSPS) is 29.3. The Kier molecular flexibility index (Phi) is 3.34. The van der Waals surface area contributed by atoms with E-state index in [-0.39, 0.29) is 17.9 Å². The van der Waals surface area contributed by atoms with Crippen LogP contribution in [0.5, 0.6) is 0 Å². The Morgan fingerprint density at radius 1 is 1.26 bits per heavy atom. The van der Waals surface area contributed by atoms with Crippen molar-refractivity contribution < 1.29 is 9.63 Å². The van der Waals surface area contributed by atoms with Crippen LogP contribution in [-0.4, -0.2) is 24.8 Å². The van der Waals surface area contributed by atoms with Crippen molar-refractivity contribution in [2.75, 3.05) is 12.4 Å². The van der Waals surface area contributed by atoms with Crippen molar-refractivity contribution >= 4 is 38.8 Å². The molecule has 1 fully saturated rings. The van der Waals surface area contributed by atoms with Crippen LogP contribution in [0.4, 0.5) is 5.69 Å². The molecule has 0 spiro atoms. The van der Waals surface area contributed by atoms with E-state index in [0.717, 1.165) is 27.1 Å². The van der Waals surface area contributed by atoms with E-state index in [1.54, 1.807) is 0 Å². The number of nitrogens with zero attached hydrogens (tertiary/aromatic N) is 1. The summed E-state index contributed by atoms with van der Waals surface area (Å²) >= 11 is 3.48. The summed E-state index contributed by atoms with van der Waals surface area (Å²) in [4.78, 5) is 17.6. The Morgan fingerprint density at radius 2 is 2.09 bits per heavy atom. The lowest BCUT2D eigenvalue weighted by Gasteiger charge is -2.13. The van der Waals surface area contributed by atoms with Gasteiger partial charge in [-0.1, -0.05) is 41.6 Å². The molecule has 116 valence electrons. The fraction of sp³-hybridized carbons (Fsp3) is 0.176. The molecule has 1 aromatic rings. The van der Waals surface area contributed by atoms with Crippen molar-refractivity contribution in [1.29, 1.82) is 0 Å². The molecule has 1 saturated heterocycles. The van der Waals surface area contributed by atoms with Gasteiger partial charge in [0.1, 0.15) is 12.8 Å². The molecule has 1 amide bonds. The zero-order valence-electron chi connectivity index (χ0n) is 12.3. The number of hydrogen-bond acceptors (Lipinski definition) is 4.